The first-order valence-corrected chi connectivity index (χ1v) is 12.3. The number of carbonyl (C=O) groups is 1. The molecule has 1 amide bonds. The van der Waals surface area contributed by atoms with Crippen LogP contribution >= 0.6 is 0 Å². The third-order valence-corrected chi connectivity index (χ3v) is 6.50. The first-order chi connectivity index (χ1) is 18.2. The van der Waals surface area contributed by atoms with Gasteiger partial charge in [-0.25, -0.2) is 9.67 Å². The molecule has 3 N–H and O–H groups in total. The Balaban J connectivity index is 1.47. The minimum absolute atomic E-state index is 0.0573. The predicted molar refractivity (Wildman–Crippen MR) is 144 cm³/mol. The van der Waals surface area contributed by atoms with Gasteiger partial charge in [0.05, 0.1) is 12.6 Å². The second-order valence-electron chi connectivity index (χ2n) is 8.97. The minimum Gasteiger partial charge on any atom is -0.338 e. The summed E-state index contributed by atoms with van der Waals surface area (Å²) in [5.74, 6) is 0.391. The van der Waals surface area contributed by atoms with Crippen LogP contribution < -0.4 is 11.1 Å². The van der Waals surface area contributed by atoms with E-state index in [1.54, 1.807) is 4.68 Å². The molecule has 0 unspecified atom stereocenters. The molecule has 0 fully saturated rings. The van der Waals surface area contributed by atoms with Gasteiger partial charge in [-0.3, -0.25) is 4.79 Å². The van der Waals surface area contributed by atoms with Gasteiger partial charge in [0.1, 0.15) is 17.7 Å². The topological polar surface area (TPSA) is 85.8 Å². The molecule has 0 aliphatic carbocycles. The summed E-state index contributed by atoms with van der Waals surface area (Å²) in [4.78, 5) is 18.1. The van der Waals surface area contributed by atoms with Crippen molar-refractivity contribution in [2.75, 3.05) is 0 Å². The van der Waals surface area contributed by atoms with Gasteiger partial charge in [0, 0.05) is 6.42 Å². The molecule has 0 saturated carbocycles. The van der Waals surface area contributed by atoms with Gasteiger partial charge >= 0.3 is 0 Å². The summed E-state index contributed by atoms with van der Waals surface area (Å²) in [6.45, 7) is 0.535. The number of rotatable bonds is 9. The number of hydrogen-bond donors (Lipinski definition) is 2. The lowest BCUT2D eigenvalue weighted by Gasteiger charge is -2.37. The average molecular weight is 488 g/mol. The van der Waals surface area contributed by atoms with E-state index in [2.05, 4.69) is 15.4 Å². The van der Waals surface area contributed by atoms with E-state index in [4.69, 9.17) is 5.73 Å². The molecular weight excluding hydrogens is 458 g/mol. The highest BCUT2D eigenvalue weighted by atomic mass is 16.1. The zero-order valence-electron chi connectivity index (χ0n) is 20.4. The first-order valence-electron chi connectivity index (χ1n) is 12.3. The molecule has 6 nitrogen and oxygen atoms in total. The Labute approximate surface area is 216 Å². The van der Waals surface area contributed by atoms with E-state index >= 15 is 0 Å². The number of hydrogen-bond acceptors (Lipinski definition) is 4. The maximum atomic E-state index is 13.7. The third kappa shape index (κ3) is 5.20. The molecule has 1 heterocycles. The molecule has 0 aliphatic heterocycles. The molecule has 6 heteroatoms. The molecule has 0 bridgehead atoms. The minimum atomic E-state index is -0.891. The van der Waals surface area contributed by atoms with Crippen LogP contribution in [0.4, 0.5) is 0 Å². The summed E-state index contributed by atoms with van der Waals surface area (Å²) in [6.07, 6.45) is 1.54. The number of benzene rings is 4. The fourth-order valence-electron chi connectivity index (χ4n) is 4.77. The van der Waals surface area contributed by atoms with Crippen molar-refractivity contribution in [2.24, 2.45) is 5.73 Å². The van der Waals surface area contributed by atoms with Crippen LogP contribution in [0.5, 0.6) is 0 Å². The highest BCUT2D eigenvalue weighted by Crippen LogP contribution is 2.37. The average Bonchev–Trinajstić information content (AvgIpc) is 3.42. The summed E-state index contributed by atoms with van der Waals surface area (Å²) in [5.41, 5.74) is 9.62. The van der Waals surface area contributed by atoms with Crippen LogP contribution in [-0.4, -0.2) is 20.7 Å². The molecule has 0 radical (unpaired) electrons. The number of nitrogens with two attached hydrogens (primary N) is 1. The summed E-state index contributed by atoms with van der Waals surface area (Å²) < 4.78 is 1.76. The van der Waals surface area contributed by atoms with Crippen molar-refractivity contribution in [2.45, 2.75) is 24.5 Å². The number of amides is 1. The van der Waals surface area contributed by atoms with Gasteiger partial charge in [0.25, 0.3) is 0 Å². The molecular formula is C31H29N5O. The van der Waals surface area contributed by atoms with Crippen molar-refractivity contribution in [1.82, 2.24) is 20.1 Å². The Morgan fingerprint density at radius 3 is 1.70 bits per heavy atom. The zero-order valence-corrected chi connectivity index (χ0v) is 20.4. The first kappa shape index (κ1) is 24.2. The summed E-state index contributed by atoms with van der Waals surface area (Å²) >= 11 is 0. The van der Waals surface area contributed by atoms with E-state index in [0.717, 1.165) is 22.3 Å². The molecule has 5 rings (SSSR count). The van der Waals surface area contributed by atoms with Crippen LogP contribution in [0.3, 0.4) is 0 Å². The zero-order chi connectivity index (χ0) is 25.5. The van der Waals surface area contributed by atoms with Crippen molar-refractivity contribution < 1.29 is 4.79 Å². The van der Waals surface area contributed by atoms with Crippen molar-refractivity contribution >= 4 is 5.91 Å². The van der Waals surface area contributed by atoms with Crippen LogP contribution in [-0.2, 0) is 16.9 Å². The largest absolute Gasteiger partial charge is 0.338 e. The van der Waals surface area contributed by atoms with E-state index in [0.29, 0.717) is 12.4 Å². The van der Waals surface area contributed by atoms with Gasteiger partial charge in [-0.15, -0.1) is 0 Å². The van der Waals surface area contributed by atoms with Crippen LogP contribution in [0.15, 0.2) is 128 Å². The highest BCUT2D eigenvalue weighted by Gasteiger charge is 2.38. The van der Waals surface area contributed by atoms with Crippen molar-refractivity contribution in [3.63, 3.8) is 0 Å². The second-order valence-corrected chi connectivity index (χ2v) is 8.97. The number of aromatic nitrogens is 3. The van der Waals surface area contributed by atoms with E-state index in [9.17, 15) is 4.79 Å². The third-order valence-electron chi connectivity index (χ3n) is 6.50. The Hall–Kier alpha value is -4.55. The normalized spacial score (nSPS) is 12.1. The van der Waals surface area contributed by atoms with Gasteiger partial charge < -0.3 is 11.1 Å². The van der Waals surface area contributed by atoms with Gasteiger partial charge in [-0.05, 0) is 22.3 Å². The standard InChI is InChI=1S/C31H29N5O/c32-28(30-33-23-34-36(30)22-24-13-5-1-6-14-24)21-29(37)35-31(25-15-7-2-8-16-25,26-17-9-3-10-18-26)27-19-11-4-12-20-27/h1-20,23,28H,21-22,32H2,(H,35,37)/t28-/m1/s1. The van der Waals surface area contributed by atoms with Crippen molar-refractivity contribution in [3.05, 3.63) is 156 Å². The summed E-state index contributed by atoms with van der Waals surface area (Å²) in [5, 5.41) is 7.72. The number of nitrogens with zero attached hydrogens (tertiary/aromatic N) is 3. The molecule has 184 valence electrons. The Morgan fingerprint density at radius 2 is 1.22 bits per heavy atom. The quantitative estimate of drug-likeness (QED) is 0.292. The SMILES string of the molecule is N[C@H](CC(=O)NC(c1ccccc1)(c1ccccc1)c1ccccc1)c1ncnn1Cc1ccccc1. The predicted octanol–water partition coefficient (Wildman–Crippen LogP) is 4.82. The monoisotopic (exact) mass is 487 g/mol. The lowest BCUT2D eigenvalue weighted by Crippen LogP contribution is -2.48. The van der Waals surface area contributed by atoms with Crippen LogP contribution in [0.25, 0.3) is 0 Å². The van der Waals surface area contributed by atoms with Crippen LogP contribution in [0, 0.1) is 0 Å². The molecule has 0 saturated heterocycles. The highest BCUT2D eigenvalue weighted by molar-refractivity contribution is 5.79. The number of nitrogens with one attached hydrogen (secondary N) is 1. The maximum Gasteiger partial charge on any atom is 0.223 e. The smallest absolute Gasteiger partial charge is 0.223 e. The molecule has 4 aromatic carbocycles. The van der Waals surface area contributed by atoms with Crippen LogP contribution in [0.1, 0.15) is 40.5 Å². The molecule has 0 spiro atoms. The summed E-state index contributed by atoms with van der Waals surface area (Å²) in [7, 11) is 0. The van der Waals surface area contributed by atoms with Gasteiger partial charge in [0.2, 0.25) is 5.91 Å². The summed E-state index contributed by atoms with van der Waals surface area (Å²) in [6, 6.07) is 39.4. The van der Waals surface area contributed by atoms with Crippen molar-refractivity contribution in [1.29, 1.82) is 0 Å². The molecule has 5 aromatic rings. The Morgan fingerprint density at radius 1 is 0.757 bits per heavy atom. The van der Waals surface area contributed by atoms with E-state index in [1.807, 2.05) is 121 Å². The Bertz CT molecular complexity index is 1320. The lowest BCUT2D eigenvalue weighted by molar-refractivity contribution is -0.122. The fraction of sp³-hybridized carbons (Fsp3) is 0.129. The molecule has 0 aliphatic rings. The van der Waals surface area contributed by atoms with E-state index in [-0.39, 0.29) is 12.3 Å². The second kappa shape index (κ2) is 11.0. The van der Waals surface area contributed by atoms with Gasteiger partial charge in [-0.1, -0.05) is 121 Å². The van der Waals surface area contributed by atoms with Crippen LogP contribution in [0.2, 0.25) is 0 Å². The lowest BCUT2D eigenvalue weighted by atomic mass is 9.77. The van der Waals surface area contributed by atoms with Gasteiger partial charge in [0.15, 0.2) is 0 Å². The molecule has 1 atom stereocenters. The molecule has 37 heavy (non-hydrogen) atoms. The Kier molecular flexibility index (Phi) is 7.19. The van der Waals surface area contributed by atoms with E-state index < -0.39 is 11.6 Å². The number of carbonyl (C=O) groups excluding carboxylic acids is 1. The van der Waals surface area contributed by atoms with Gasteiger partial charge in [-0.2, -0.15) is 5.10 Å². The van der Waals surface area contributed by atoms with Crippen molar-refractivity contribution in [3.8, 4) is 0 Å². The van der Waals surface area contributed by atoms with E-state index in [1.165, 1.54) is 6.33 Å². The fourth-order valence-corrected chi connectivity index (χ4v) is 4.77. The maximum absolute atomic E-state index is 13.7. The molecule has 1 aromatic heterocycles.